The van der Waals surface area contributed by atoms with Crippen LogP contribution in [0.25, 0.3) is 6.08 Å². The first-order chi connectivity index (χ1) is 16.0. The number of carbonyl (C=O) groups excluding carboxylic acids is 2. The number of ether oxygens (including phenoxy) is 2. The Kier molecular flexibility index (Phi) is 6.84. The van der Waals surface area contributed by atoms with Crippen LogP contribution in [0.15, 0.2) is 76.5 Å². The topological polar surface area (TPSA) is 64.6 Å². The summed E-state index contributed by atoms with van der Waals surface area (Å²) in [6, 6.07) is 20.7. The molecule has 0 saturated carbocycles. The van der Waals surface area contributed by atoms with Crippen molar-refractivity contribution in [2.45, 2.75) is 24.7 Å². The highest BCUT2D eigenvalue weighted by Gasteiger charge is 2.25. The Bertz CT molecular complexity index is 1230. The molecule has 1 amide bonds. The van der Waals surface area contributed by atoms with Crippen molar-refractivity contribution in [3.05, 3.63) is 88.3 Å². The number of carbonyl (C=O) groups is 2. The number of rotatable bonds is 7. The van der Waals surface area contributed by atoms with Crippen molar-refractivity contribution in [1.82, 2.24) is 0 Å². The monoisotopic (exact) mass is 459 g/mol. The second kappa shape index (κ2) is 9.96. The third-order valence-corrected chi connectivity index (χ3v) is 6.38. The van der Waals surface area contributed by atoms with Crippen molar-refractivity contribution in [2.75, 3.05) is 19.0 Å². The van der Waals surface area contributed by atoms with Crippen LogP contribution in [-0.2, 0) is 4.79 Å². The van der Waals surface area contributed by atoms with Crippen LogP contribution in [0.1, 0.15) is 41.3 Å². The lowest BCUT2D eigenvalue weighted by Gasteiger charge is -2.15. The Balaban J connectivity index is 1.44. The number of ketones is 1. The maximum Gasteiger partial charge on any atom is 0.262 e. The molecule has 1 aliphatic rings. The molecule has 4 rings (SSSR count). The molecule has 3 aromatic carbocycles. The Labute approximate surface area is 197 Å². The normalized spacial score (nSPS) is 13.8. The molecule has 1 heterocycles. The number of nitrogens with one attached hydrogen (secondary N) is 1. The van der Waals surface area contributed by atoms with Crippen molar-refractivity contribution < 1.29 is 19.1 Å². The molecule has 3 aromatic rings. The second-order valence-corrected chi connectivity index (χ2v) is 9.01. The number of methoxy groups -OCH3 is 1. The molecule has 0 aromatic heterocycles. The zero-order valence-corrected chi connectivity index (χ0v) is 19.6. The molecule has 6 heteroatoms. The van der Waals surface area contributed by atoms with Gasteiger partial charge in [-0.1, -0.05) is 62.0 Å². The number of benzene rings is 3. The highest BCUT2D eigenvalue weighted by molar-refractivity contribution is 8.04. The maximum atomic E-state index is 12.6. The van der Waals surface area contributed by atoms with E-state index in [4.69, 9.17) is 9.47 Å². The molecule has 1 N–H and O–H groups in total. The number of fused-ring (bicyclic) bond motifs is 1. The van der Waals surface area contributed by atoms with E-state index in [1.54, 1.807) is 19.2 Å². The molecular weight excluding hydrogens is 434 g/mol. The minimum atomic E-state index is -0.248. The van der Waals surface area contributed by atoms with Crippen LogP contribution >= 0.6 is 11.8 Å². The van der Waals surface area contributed by atoms with Crippen LogP contribution in [0, 0.1) is 0 Å². The summed E-state index contributed by atoms with van der Waals surface area (Å²) in [7, 11) is 1.55. The highest BCUT2D eigenvalue weighted by atomic mass is 32.2. The summed E-state index contributed by atoms with van der Waals surface area (Å²) in [5, 5.41) is 2.92. The Morgan fingerprint density at radius 2 is 1.79 bits per heavy atom. The highest BCUT2D eigenvalue weighted by Crippen LogP contribution is 2.41. The van der Waals surface area contributed by atoms with E-state index < -0.39 is 0 Å². The van der Waals surface area contributed by atoms with Gasteiger partial charge in [0.05, 0.1) is 12.0 Å². The van der Waals surface area contributed by atoms with Crippen LogP contribution in [0.5, 0.6) is 11.5 Å². The SMILES string of the molecule is COc1cc(/C=C2/Sc3ccccc3C2=O)ccc1OCC(=O)Nc1ccccc1C(C)C. The first kappa shape index (κ1) is 22.7. The summed E-state index contributed by atoms with van der Waals surface area (Å²) in [4.78, 5) is 26.7. The molecule has 0 bridgehead atoms. The summed E-state index contributed by atoms with van der Waals surface area (Å²) < 4.78 is 11.2. The summed E-state index contributed by atoms with van der Waals surface area (Å²) in [5.41, 5.74) is 3.40. The zero-order valence-electron chi connectivity index (χ0n) is 18.8. The average Bonchev–Trinajstić information content (AvgIpc) is 3.13. The molecule has 0 fully saturated rings. The molecule has 1 aliphatic heterocycles. The molecule has 0 unspecified atom stereocenters. The van der Waals surface area contributed by atoms with Gasteiger partial charge in [-0.05, 0) is 53.5 Å². The van der Waals surface area contributed by atoms with Gasteiger partial charge in [-0.2, -0.15) is 0 Å². The van der Waals surface area contributed by atoms with Gasteiger partial charge in [-0.3, -0.25) is 9.59 Å². The fourth-order valence-electron chi connectivity index (χ4n) is 3.62. The predicted molar refractivity (Wildman–Crippen MR) is 132 cm³/mol. The smallest absolute Gasteiger partial charge is 0.262 e. The van der Waals surface area contributed by atoms with Gasteiger partial charge in [-0.25, -0.2) is 0 Å². The minimum absolute atomic E-state index is 0.0215. The van der Waals surface area contributed by atoms with Crippen molar-refractivity contribution >= 4 is 35.2 Å². The number of Topliss-reactive ketones (excluding diaryl/α,β-unsaturated/α-hetero) is 1. The molecule has 0 atom stereocenters. The van der Waals surface area contributed by atoms with E-state index >= 15 is 0 Å². The van der Waals surface area contributed by atoms with Gasteiger partial charge in [0.2, 0.25) is 5.78 Å². The number of anilines is 1. The van der Waals surface area contributed by atoms with Crippen molar-refractivity contribution in [2.24, 2.45) is 0 Å². The van der Waals surface area contributed by atoms with E-state index in [9.17, 15) is 9.59 Å². The summed E-state index contributed by atoms with van der Waals surface area (Å²) in [5.74, 6) is 1.02. The summed E-state index contributed by atoms with van der Waals surface area (Å²) in [6.45, 7) is 4.02. The lowest BCUT2D eigenvalue weighted by atomic mass is 10.0. The lowest BCUT2D eigenvalue weighted by molar-refractivity contribution is -0.118. The molecule has 0 saturated heterocycles. The minimum Gasteiger partial charge on any atom is -0.493 e. The van der Waals surface area contributed by atoms with E-state index in [2.05, 4.69) is 19.2 Å². The fraction of sp³-hybridized carbons (Fsp3) is 0.185. The zero-order chi connectivity index (χ0) is 23.4. The first-order valence-corrected chi connectivity index (χ1v) is 11.5. The van der Waals surface area contributed by atoms with Gasteiger partial charge in [0, 0.05) is 16.1 Å². The maximum absolute atomic E-state index is 12.6. The van der Waals surface area contributed by atoms with Gasteiger partial charge >= 0.3 is 0 Å². The number of thioether (sulfide) groups is 1. The third-order valence-electron chi connectivity index (χ3n) is 5.28. The Hall–Kier alpha value is -3.51. The first-order valence-electron chi connectivity index (χ1n) is 10.7. The predicted octanol–water partition coefficient (Wildman–Crippen LogP) is 6.17. The number of hydrogen-bond acceptors (Lipinski definition) is 5. The van der Waals surface area contributed by atoms with Crippen LogP contribution < -0.4 is 14.8 Å². The van der Waals surface area contributed by atoms with Crippen LogP contribution in [-0.4, -0.2) is 25.4 Å². The summed E-state index contributed by atoms with van der Waals surface area (Å²) >= 11 is 1.46. The number of allylic oxidation sites excluding steroid dienone is 1. The molecule has 0 radical (unpaired) electrons. The Morgan fingerprint density at radius 3 is 2.55 bits per heavy atom. The summed E-state index contributed by atoms with van der Waals surface area (Å²) in [6.07, 6.45) is 1.84. The van der Waals surface area contributed by atoms with Gasteiger partial charge < -0.3 is 14.8 Å². The molecule has 33 heavy (non-hydrogen) atoms. The van der Waals surface area contributed by atoms with Gasteiger partial charge in [-0.15, -0.1) is 0 Å². The van der Waals surface area contributed by atoms with Gasteiger partial charge in [0.25, 0.3) is 5.91 Å². The Morgan fingerprint density at radius 1 is 1.03 bits per heavy atom. The second-order valence-electron chi connectivity index (χ2n) is 7.93. The number of amides is 1. The number of hydrogen-bond donors (Lipinski definition) is 1. The fourth-order valence-corrected chi connectivity index (χ4v) is 4.68. The van der Waals surface area contributed by atoms with Crippen molar-refractivity contribution in [3.8, 4) is 11.5 Å². The van der Waals surface area contributed by atoms with E-state index in [1.807, 2.05) is 60.7 Å². The van der Waals surface area contributed by atoms with E-state index in [1.165, 1.54) is 11.8 Å². The molecule has 0 aliphatic carbocycles. The van der Waals surface area contributed by atoms with Gasteiger partial charge in [0.15, 0.2) is 18.1 Å². The standard InChI is InChI=1S/C27H25NO4S/c1-17(2)19-8-4-6-10-21(19)28-26(29)16-32-22-13-12-18(14-23(22)31-3)15-25-27(30)20-9-5-7-11-24(20)33-25/h4-15,17H,16H2,1-3H3,(H,28,29)/b25-15+. The van der Waals surface area contributed by atoms with Crippen LogP contribution in [0.4, 0.5) is 5.69 Å². The largest absolute Gasteiger partial charge is 0.493 e. The molecular formula is C27H25NO4S. The van der Waals surface area contributed by atoms with E-state index in [0.717, 1.165) is 27.3 Å². The van der Waals surface area contributed by atoms with E-state index in [0.29, 0.717) is 22.3 Å². The number of para-hydroxylation sites is 1. The van der Waals surface area contributed by atoms with E-state index in [-0.39, 0.29) is 18.3 Å². The molecule has 5 nitrogen and oxygen atoms in total. The lowest BCUT2D eigenvalue weighted by Crippen LogP contribution is -2.21. The van der Waals surface area contributed by atoms with Crippen molar-refractivity contribution in [1.29, 1.82) is 0 Å². The van der Waals surface area contributed by atoms with Crippen molar-refractivity contribution in [3.63, 3.8) is 0 Å². The average molecular weight is 460 g/mol. The van der Waals surface area contributed by atoms with Crippen LogP contribution in [0.3, 0.4) is 0 Å². The van der Waals surface area contributed by atoms with Gasteiger partial charge in [0.1, 0.15) is 0 Å². The van der Waals surface area contributed by atoms with Crippen LogP contribution in [0.2, 0.25) is 0 Å². The quantitative estimate of drug-likeness (QED) is 0.428. The molecule has 0 spiro atoms. The molecule has 168 valence electrons. The third kappa shape index (κ3) is 5.12.